The fourth-order valence-electron chi connectivity index (χ4n) is 4.00. The van der Waals surface area contributed by atoms with Crippen molar-refractivity contribution in [2.45, 2.75) is 25.5 Å². The fraction of sp³-hybridized carbons (Fsp3) is 0.318. The van der Waals surface area contributed by atoms with Gasteiger partial charge in [0, 0.05) is 35.1 Å². The zero-order chi connectivity index (χ0) is 19.1. The molecule has 3 heterocycles. The molecule has 1 aromatic heterocycles. The van der Waals surface area contributed by atoms with Gasteiger partial charge in [0.15, 0.2) is 11.5 Å². The zero-order valence-corrected chi connectivity index (χ0v) is 16.2. The molecule has 6 heteroatoms. The van der Waals surface area contributed by atoms with Crippen LogP contribution in [-0.4, -0.2) is 41.0 Å². The molecule has 0 aliphatic carbocycles. The third-order valence-corrected chi connectivity index (χ3v) is 5.63. The summed E-state index contributed by atoms with van der Waals surface area (Å²) in [4.78, 5) is 7.26. The number of aromatic nitrogens is 1. The molecule has 0 spiro atoms. The molecule has 0 saturated carbocycles. The highest BCUT2D eigenvalue weighted by molar-refractivity contribution is 6.30. The summed E-state index contributed by atoms with van der Waals surface area (Å²) < 4.78 is 11.0. The Morgan fingerprint density at radius 1 is 1.11 bits per heavy atom. The van der Waals surface area contributed by atoms with E-state index < -0.39 is 0 Å². The SMILES string of the molecule is O[C@@H]1CCCN(Cc2cc3cc4c(cc3nc2-c2ccc(Cl)cc2)OCO4)C1. The van der Waals surface area contributed by atoms with E-state index in [9.17, 15) is 5.11 Å². The van der Waals surface area contributed by atoms with Gasteiger partial charge in [-0.25, -0.2) is 4.98 Å². The summed E-state index contributed by atoms with van der Waals surface area (Å²) in [5, 5.41) is 11.8. The molecule has 2 aliphatic heterocycles. The molecule has 0 amide bonds. The van der Waals surface area contributed by atoms with Crippen molar-refractivity contribution < 1.29 is 14.6 Å². The number of aliphatic hydroxyl groups excluding tert-OH is 1. The van der Waals surface area contributed by atoms with E-state index in [-0.39, 0.29) is 12.9 Å². The second-order valence-electron chi connectivity index (χ2n) is 7.43. The third-order valence-electron chi connectivity index (χ3n) is 5.38. The lowest BCUT2D eigenvalue weighted by Crippen LogP contribution is -2.37. The number of fused-ring (bicyclic) bond motifs is 2. The molecule has 2 aromatic carbocycles. The Bertz CT molecular complexity index is 1020. The van der Waals surface area contributed by atoms with Crippen LogP contribution in [-0.2, 0) is 6.54 Å². The first kappa shape index (κ1) is 17.7. The smallest absolute Gasteiger partial charge is 0.231 e. The van der Waals surface area contributed by atoms with Gasteiger partial charge in [-0.1, -0.05) is 23.7 Å². The molecular weight excluding hydrogens is 376 g/mol. The monoisotopic (exact) mass is 396 g/mol. The van der Waals surface area contributed by atoms with Crippen molar-refractivity contribution in [3.8, 4) is 22.8 Å². The summed E-state index contributed by atoms with van der Waals surface area (Å²) in [6, 6.07) is 13.9. The predicted molar refractivity (Wildman–Crippen MR) is 109 cm³/mol. The average Bonchev–Trinajstić information content (AvgIpc) is 3.14. The van der Waals surface area contributed by atoms with Crippen LogP contribution in [0, 0.1) is 0 Å². The number of halogens is 1. The van der Waals surface area contributed by atoms with E-state index in [0.29, 0.717) is 11.6 Å². The van der Waals surface area contributed by atoms with E-state index in [1.54, 1.807) is 0 Å². The summed E-state index contributed by atoms with van der Waals surface area (Å²) in [6.45, 7) is 2.66. The van der Waals surface area contributed by atoms with Crippen molar-refractivity contribution in [2.75, 3.05) is 19.9 Å². The Kier molecular flexibility index (Phi) is 4.59. The highest BCUT2D eigenvalue weighted by atomic mass is 35.5. The standard InChI is InChI=1S/C22H21ClN2O3/c23-17-5-3-14(4-6-17)22-16(11-25-7-1-2-18(26)12-25)8-15-9-20-21(28-13-27-20)10-19(15)24-22/h3-6,8-10,18,26H,1-2,7,11-13H2/t18-/m1/s1. The number of pyridine rings is 1. The van der Waals surface area contributed by atoms with Crippen molar-refractivity contribution in [3.63, 3.8) is 0 Å². The maximum Gasteiger partial charge on any atom is 0.231 e. The van der Waals surface area contributed by atoms with Crippen molar-refractivity contribution in [1.29, 1.82) is 0 Å². The summed E-state index contributed by atoms with van der Waals surface area (Å²) in [5.74, 6) is 1.49. The van der Waals surface area contributed by atoms with E-state index >= 15 is 0 Å². The Labute approximate surface area is 168 Å². The predicted octanol–water partition coefficient (Wildman–Crippen LogP) is 4.24. The number of piperidine rings is 1. The Morgan fingerprint density at radius 2 is 1.89 bits per heavy atom. The van der Waals surface area contributed by atoms with Gasteiger partial charge in [-0.15, -0.1) is 0 Å². The molecule has 0 unspecified atom stereocenters. The molecule has 1 saturated heterocycles. The molecule has 1 fully saturated rings. The van der Waals surface area contributed by atoms with Crippen molar-refractivity contribution >= 4 is 22.5 Å². The summed E-state index contributed by atoms with van der Waals surface area (Å²) >= 11 is 6.08. The van der Waals surface area contributed by atoms with Crippen LogP contribution in [0.2, 0.25) is 5.02 Å². The minimum absolute atomic E-state index is 0.244. The van der Waals surface area contributed by atoms with E-state index in [4.69, 9.17) is 26.1 Å². The lowest BCUT2D eigenvalue weighted by molar-refractivity contribution is 0.0669. The Balaban J connectivity index is 1.61. The molecule has 0 radical (unpaired) electrons. The van der Waals surface area contributed by atoms with Gasteiger partial charge < -0.3 is 14.6 Å². The van der Waals surface area contributed by atoms with E-state index in [2.05, 4.69) is 11.0 Å². The first-order valence-corrected chi connectivity index (χ1v) is 9.93. The van der Waals surface area contributed by atoms with Crippen molar-refractivity contribution in [3.05, 3.63) is 53.1 Å². The molecular formula is C22H21ClN2O3. The van der Waals surface area contributed by atoms with Crippen LogP contribution in [0.1, 0.15) is 18.4 Å². The quantitative estimate of drug-likeness (QED) is 0.717. The van der Waals surface area contributed by atoms with Gasteiger partial charge in [0.05, 0.1) is 17.3 Å². The maximum atomic E-state index is 10.0. The van der Waals surface area contributed by atoms with Crippen LogP contribution in [0.5, 0.6) is 11.5 Å². The van der Waals surface area contributed by atoms with Crippen molar-refractivity contribution in [1.82, 2.24) is 9.88 Å². The Hall–Kier alpha value is -2.34. The van der Waals surface area contributed by atoms with Crippen LogP contribution < -0.4 is 9.47 Å². The highest BCUT2D eigenvalue weighted by Crippen LogP contribution is 2.37. The van der Waals surface area contributed by atoms with Gasteiger partial charge >= 0.3 is 0 Å². The summed E-state index contributed by atoms with van der Waals surface area (Å²) in [6.07, 6.45) is 1.63. The molecule has 144 valence electrons. The number of nitrogens with zero attached hydrogens (tertiary/aromatic N) is 2. The molecule has 5 rings (SSSR count). The first-order chi connectivity index (χ1) is 13.7. The van der Waals surface area contributed by atoms with Crippen LogP contribution in [0.4, 0.5) is 0 Å². The number of hydrogen-bond acceptors (Lipinski definition) is 5. The minimum atomic E-state index is -0.255. The molecule has 1 atom stereocenters. The molecule has 3 aromatic rings. The molecule has 1 N–H and O–H groups in total. The molecule has 0 bridgehead atoms. The number of likely N-dealkylation sites (tertiary alicyclic amines) is 1. The van der Waals surface area contributed by atoms with Gasteiger partial charge in [0.25, 0.3) is 0 Å². The van der Waals surface area contributed by atoms with Crippen molar-refractivity contribution in [2.24, 2.45) is 0 Å². The number of hydrogen-bond donors (Lipinski definition) is 1. The Morgan fingerprint density at radius 3 is 2.68 bits per heavy atom. The van der Waals surface area contributed by atoms with E-state index in [1.165, 1.54) is 0 Å². The number of β-amino-alcohol motifs (C(OH)–C–C–N with tert-alkyl or cyclic N) is 1. The number of ether oxygens (including phenoxy) is 2. The number of aliphatic hydroxyl groups is 1. The van der Waals surface area contributed by atoms with Crippen LogP contribution >= 0.6 is 11.6 Å². The van der Waals surface area contributed by atoms with Gasteiger partial charge in [0.2, 0.25) is 6.79 Å². The largest absolute Gasteiger partial charge is 0.454 e. The van der Waals surface area contributed by atoms with E-state index in [1.807, 2.05) is 36.4 Å². The average molecular weight is 397 g/mol. The lowest BCUT2D eigenvalue weighted by Gasteiger charge is -2.30. The zero-order valence-electron chi connectivity index (χ0n) is 15.4. The minimum Gasteiger partial charge on any atom is -0.454 e. The molecule has 5 nitrogen and oxygen atoms in total. The first-order valence-electron chi connectivity index (χ1n) is 9.55. The normalized spacial score (nSPS) is 19.3. The van der Waals surface area contributed by atoms with Gasteiger partial charge in [0.1, 0.15) is 0 Å². The number of benzene rings is 2. The fourth-order valence-corrected chi connectivity index (χ4v) is 4.13. The van der Waals surface area contributed by atoms with E-state index in [0.717, 1.165) is 65.2 Å². The summed E-state index contributed by atoms with van der Waals surface area (Å²) in [7, 11) is 0. The highest BCUT2D eigenvalue weighted by Gasteiger charge is 2.21. The second-order valence-corrected chi connectivity index (χ2v) is 7.87. The molecule has 2 aliphatic rings. The molecule has 28 heavy (non-hydrogen) atoms. The lowest BCUT2D eigenvalue weighted by atomic mass is 10.0. The number of rotatable bonds is 3. The van der Waals surface area contributed by atoms with Gasteiger partial charge in [-0.3, -0.25) is 4.90 Å². The topological polar surface area (TPSA) is 54.8 Å². The van der Waals surface area contributed by atoms with Crippen LogP contribution in [0.15, 0.2) is 42.5 Å². The van der Waals surface area contributed by atoms with Crippen LogP contribution in [0.25, 0.3) is 22.2 Å². The summed E-state index contributed by atoms with van der Waals surface area (Å²) in [5.41, 5.74) is 3.96. The maximum absolute atomic E-state index is 10.0. The van der Waals surface area contributed by atoms with Crippen LogP contribution in [0.3, 0.4) is 0 Å². The van der Waals surface area contributed by atoms with Gasteiger partial charge in [-0.2, -0.15) is 0 Å². The van der Waals surface area contributed by atoms with Gasteiger partial charge in [-0.05, 0) is 49.2 Å². The second kappa shape index (κ2) is 7.24. The third kappa shape index (κ3) is 3.41.